The molecule has 3 aromatic heterocycles. The van der Waals surface area contributed by atoms with Crippen molar-refractivity contribution in [1.82, 2.24) is 34.6 Å². The van der Waals surface area contributed by atoms with Gasteiger partial charge in [0.2, 0.25) is 0 Å². The third kappa shape index (κ3) is 3.56. The van der Waals surface area contributed by atoms with Crippen molar-refractivity contribution >= 4 is 17.3 Å². The van der Waals surface area contributed by atoms with Gasteiger partial charge in [-0.3, -0.25) is 9.48 Å². The summed E-state index contributed by atoms with van der Waals surface area (Å²) in [4.78, 5) is 14.8. The second kappa shape index (κ2) is 7.86. The largest absolute Gasteiger partial charge is 0.366 e. The number of hydrogen-bond donors (Lipinski definition) is 0. The van der Waals surface area contributed by atoms with E-state index in [-0.39, 0.29) is 23.7 Å². The Balaban J connectivity index is 1.36. The smallest absolute Gasteiger partial charge is 0.269 e. The third-order valence-corrected chi connectivity index (χ3v) is 5.96. The lowest BCUT2D eigenvalue weighted by Crippen LogP contribution is -2.49. The van der Waals surface area contributed by atoms with Crippen molar-refractivity contribution in [2.24, 2.45) is 7.05 Å². The molecule has 1 aliphatic rings. The van der Waals surface area contributed by atoms with E-state index in [1.54, 1.807) is 37.6 Å². The molecule has 0 radical (unpaired) electrons. The molecule has 1 aliphatic heterocycles. The SMILES string of the molecule is Cc1ccnn1C1CN(c2cnn(Cc3c(-c4ccc(Cl)cc4F)nnn3C)c(=O)c2)C1. The van der Waals surface area contributed by atoms with Gasteiger partial charge in [-0.25, -0.2) is 13.8 Å². The molecule has 164 valence electrons. The Morgan fingerprint density at radius 2 is 2.00 bits per heavy atom. The molecule has 1 saturated heterocycles. The number of nitrogens with zero attached hydrogens (tertiary/aromatic N) is 8. The fourth-order valence-corrected chi connectivity index (χ4v) is 4.04. The number of aryl methyl sites for hydroxylation is 2. The van der Waals surface area contributed by atoms with Gasteiger partial charge in [0.05, 0.1) is 30.2 Å². The molecule has 0 bridgehead atoms. The highest BCUT2D eigenvalue weighted by Gasteiger charge is 2.30. The molecule has 1 fully saturated rings. The summed E-state index contributed by atoms with van der Waals surface area (Å²) in [5, 5.41) is 17.1. The Labute approximate surface area is 187 Å². The summed E-state index contributed by atoms with van der Waals surface area (Å²) in [6.45, 7) is 3.66. The first-order valence-corrected chi connectivity index (χ1v) is 10.4. The summed E-state index contributed by atoms with van der Waals surface area (Å²) in [7, 11) is 1.69. The highest BCUT2D eigenvalue weighted by atomic mass is 35.5. The Morgan fingerprint density at radius 1 is 1.19 bits per heavy atom. The van der Waals surface area contributed by atoms with Crippen molar-refractivity contribution in [3.05, 3.63) is 75.3 Å². The number of benzene rings is 1. The van der Waals surface area contributed by atoms with E-state index in [0.29, 0.717) is 16.4 Å². The van der Waals surface area contributed by atoms with Crippen LogP contribution in [0.3, 0.4) is 0 Å². The van der Waals surface area contributed by atoms with Crippen LogP contribution in [0.25, 0.3) is 11.3 Å². The molecular formula is C21H20ClFN8O. The zero-order chi connectivity index (χ0) is 22.4. The predicted molar refractivity (Wildman–Crippen MR) is 117 cm³/mol. The van der Waals surface area contributed by atoms with Crippen LogP contribution >= 0.6 is 11.6 Å². The summed E-state index contributed by atoms with van der Waals surface area (Å²) in [5.74, 6) is -0.505. The molecule has 0 spiro atoms. The van der Waals surface area contributed by atoms with Crippen LogP contribution in [0.1, 0.15) is 17.4 Å². The van der Waals surface area contributed by atoms with Gasteiger partial charge in [-0.2, -0.15) is 10.2 Å². The van der Waals surface area contributed by atoms with E-state index in [4.69, 9.17) is 11.6 Å². The Kier molecular flexibility index (Phi) is 5.01. The lowest BCUT2D eigenvalue weighted by Gasteiger charge is -2.41. The highest BCUT2D eigenvalue weighted by Crippen LogP contribution is 2.28. The van der Waals surface area contributed by atoms with Crippen molar-refractivity contribution < 1.29 is 4.39 Å². The quantitative estimate of drug-likeness (QED) is 0.460. The standard InChI is InChI=1S/C21H20ClFN8O/c1-13-5-6-24-31(13)16-10-29(11-16)15-8-20(32)30(25-9-15)12-19-21(26-27-28(19)2)17-4-3-14(22)7-18(17)23/h3-9,16H,10-12H2,1-2H3. The molecule has 0 aliphatic carbocycles. The zero-order valence-electron chi connectivity index (χ0n) is 17.5. The maximum Gasteiger partial charge on any atom is 0.269 e. The van der Waals surface area contributed by atoms with E-state index in [1.807, 2.05) is 17.7 Å². The first-order chi connectivity index (χ1) is 15.4. The van der Waals surface area contributed by atoms with Gasteiger partial charge in [0.1, 0.15) is 11.5 Å². The summed E-state index contributed by atoms with van der Waals surface area (Å²) in [6.07, 6.45) is 3.46. The van der Waals surface area contributed by atoms with Crippen LogP contribution in [-0.2, 0) is 13.6 Å². The van der Waals surface area contributed by atoms with Crippen molar-refractivity contribution in [3.63, 3.8) is 0 Å². The summed E-state index contributed by atoms with van der Waals surface area (Å²) in [6, 6.07) is 8.17. The number of hydrogen-bond acceptors (Lipinski definition) is 6. The molecule has 5 rings (SSSR count). The third-order valence-electron chi connectivity index (χ3n) is 5.73. The molecule has 0 N–H and O–H groups in total. The lowest BCUT2D eigenvalue weighted by atomic mass is 10.1. The van der Waals surface area contributed by atoms with Crippen LogP contribution in [0.5, 0.6) is 0 Å². The molecule has 4 heterocycles. The Hall–Kier alpha value is -3.53. The topological polar surface area (TPSA) is 86.7 Å². The lowest BCUT2D eigenvalue weighted by molar-refractivity contribution is 0.361. The fourth-order valence-electron chi connectivity index (χ4n) is 3.89. The van der Waals surface area contributed by atoms with Gasteiger partial charge in [-0.15, -0.1) is 5.10 Å². The molecule has 0 unspecified atom stereocenters. The zero-order valence-corrected chi connectivity index (χ0v) is 18.2. The molecule has 0 atom stereocenters. The molecule has 32 heavy (non-hydrogen) atoms. The van der Waals surface area contributed by atoms with E-state index < -0.39 is 5.82 Å². The van der Waals surface area contributed by atoms with Crippen molar-refractivity contribution in [2.45, 2.75) is 19.5 Å². The van der Waals surface area contributed by atoms with Crippen molar-refractivity contribution in [3.8, 4) is 11.3 Å². The molecule has 11 heteroatoms. The Bertz CT molecular complexity index is 1350. The second-order valence-electron chi connectivity index (χ2n) is 7.82. The van der Waals surface area contributed by atoms with Gasteiger partial charge in [0.25, 0.3) is 5.56 Å². The average molecular weight is 455 g/mol. The van der Waals surface area contributed by atoms with Crippen molar-refractivity contribution in [1.29, 1.82) is 0 Å². The molecule has 0 saturated carbocycles. The molecule has 9 nitrogen and oxygen atoms in total. The summed E-state index contributed by atoms with van der Waals surface area (Å²) < 4.78 is 19.3. The van der Waals surface area contributed by atoms with E-state index in [9.17, 15) is 9.18 Å². The molecule has 0 amide bonds. The molecule has 4 aromatic rings. The molecule has 1 aromatic carbocycles. The molecular weight excluding hydrogens is 435 g/mol. The van der Waals surface area contributed by atoms with Crippen molar-refractivity contribution in [2.75, 3.05) is 18.0 Å². The number of aromatic nitrogens is 7. The van der Waals surface area contributed by atoms with E-state index in [1.165, 1.54) is 15.4 Å². The van der Waals surface area contributed by atoms with Gasteiger partial charge in [-0.1, -0.05) is 16.8 Å². The first-order valence-electron chi connectivity index (χ1n) is 10.1. The van der Waals surface area contributed by atoms with Gasteiger partial charge < -0.3 is 4.90 Å². The maximum atomic E-state index is 14.4. The number of rotatable bonds is 5. The highest BCUT2D eigenvalue weighted by molar-refractivity contribution is 6.30. The minimum atomic E-state index is -0.505. The normalized spacial score (nSPS) is 14.1. The van der Waals surface area contributed by atoms with E-state index >= 15 is 0 Å². The number of anilines is 1. The minimum Gasteiger partial charge on any atom is -0.366 e. The van der Waals surface area contributed by atoms with Crippen LogP contribution in [0, 0.1) is 12.7 Å². The average Bonchev–Trinajstić information content (AvgIpc) is 3.29. The fraction of sp³-hybridized carbons (Fsp3) is 0.286. The van der Waals surface area contributed by atoms with Gasteiger partial charge in [0.15, 0.2) is 0 Å². The summed E-state index contributed by atoms with van der Waals surface area (Å²) in [5.41, 5.74) is 2.79. The van der Waals surface area contributed by atoms with Gasteiger partial charge in [-0.05, 0) is 31.2 Å². The van der Waals surface area contributed by atoms with E-state index in [2.05, 4.69) is 25.4 Å². The number of halogens is 2. The van der Waals surface area contributed by atoms with Crippen LogP contribution in [0.15, 0.2) is 47.5 Å². The Morgan fingerprint density at radius 3 is 2.69 bits per heavy atom. The van der Waals surface area contributed by atoms with Gasteiger partial charge >= 0.3 is 0 Å². The van der Waals surface area contributed by atoms with E-state index in [0.717, 1.165) is 24.5 Å². The second-order valence-corrected chi connectivity index (χ2v) is 8.25. The van der Waals surface area contributed by atoms with Crippen LogP contribution < -0.4 is 10.5 Å². The minimum absolute atomic E-state index is 0.106. The summed E-state index contributed by atoms with van der Waals surface area (Å²) >= 11 is 5.86. The van der Waals surface area contributed by atoms with Gasteiger partial charge in [0, 0.05) is 48.7 Å². The van der Waals surface area contributed by atoms with Crippen LogP contribution in [0.4, 0.5) is 10.1 Å². The monoisotopic (exact) mass is 454 g/mol. The maximum absolute atomic E-state index is 14.4. The first kappa shape index (κ1) is 20.4. The predicted octanol–water partition coefficient (Wildman–Crippen LogP) is 2.45. The van der Waals surface area contributed by atoms with Crippen LogP contribution in [-0.4, -0.2) is 47.6 Å². The van der Waals surface area contributed by atoms with Crippen LogP contribution in [0.2, 0.25) is 5.02 Å².